The SMILES string of the molecule is CC(C)(C)c1cc2c(-c3ccc(S(=O)(=O)N(CCN)OC(=O)C(F)(F)F)cn3)ccnc2[nH]1. The van der Waals surface area contributed by atoms with E-state index in [9.17, 15) is 26.4 Å². The van der Waals surface area contributed by atoms with Crippen LogP contribution in [0.5, 0.6) is 0 Å². The summed E-state index contributed by atoms with van der Waals surface area (Å²) in [7, 11) is -4.65. The number of alkyl halides is 3. The number of carbonyl (C=O) groups is 1. The highest BCUT2D eigenvalue weighted by Gasteiger charge is 2.44. The quantitative estimate of drug-likeness (QED) is 0.513. The molecule has 0 saturated carbocycles. The van der Waals surface area contributed by atoms with Gasteiger partial charge in [-0.15, -0.1) is 0 Å². The first-order chi connectivity index (χ1) is 15.2. The van der Waals surface area contributed by atoms with Crippen molar-refractivity contribution in [1.29, 1.82) is 0 Å². The molecule has 178 valence electrons. The lowest BCUT2D eigenvalue weighted by molar-refractivity contribution is -0.222. The second-order valence-electron chi connectivity index (χ2n) is 8.13. The van der Waals surface area contributed by atoms with Gasteiger partial charge in [-0.2, -0.15) is 13.2 Å². The molecule has 0 aliphatic carbocycles. The number of nitrogens with one attached hydrogen (secondary N) is 1. The van der Waals surface area contributed by atoms with Gasteiger partial charge in [-0.25, -0.2) is 18.2 Å². The van der Waals surface area contributed by atoms with Crippen LogP contribution in [0.15, 0.2) is 41.6 Å². The van der Waals surface area contributed by atoms with E-state index in [2.05, 4.69) is 19.8 Å². The molecule has 0 aliphatic rings. The third kappa shape index (κ3) is 5.15. The Morgan fingerprint density at radius 2 is 1.88 bits per heavy atom. The predicted molar refractivity (Wildman–Crippen MR) is 113 cm³/mol. The number of pyridine rings is 2. The summed E-state index contributed by atoms with van der Waals surface area (Å²) >= 11 is 0. The van der Waals surface area contributed by atoms with Gasteiger partial charge in [0.2, 0.25) is 0 Å². The Morgan fingerprint density at radius 3 is 2.42 bits per heavy atom. The monoisotopic (exact) mass is 485 g/mol. The number of nitrogens with two attached hydrogens (primary N) is 1. The normalized spacial score (nSPS) is 13.0. The van der Waals surface area contributed by atoms with Crippen molar-refractivity contribution in [2.24, 2.45) is 5.73 Å². The first kappa shape index (κ1) is 24.6. The molecule has 3 rings (SSSR count). The van der Waals surface area contributed by atoms with E-state index in [1.165, 1.54) is 6.07 Å². The zero-order valence-corrected chi connectivity index (χ0v) is 18.8. The summed E-state index contributed by atoms with van der Waals surface area (Å²) in [6.45, 7) is 5.06. The molecule has 0 unspecified atom stereocenters. The lowest BCUT2D eigenvalue weighted by atomic mass is 9.92. The summed E-state index contributed by atoms with van der Waals surface area (Å²) in [4.78, 5) is 26.4. The Hall–Kier alpha value is -3.03. The van der Waals surface area contributed by atoms with E-state index in [-0.39, 0.29) is 16.4 Å². The molecular formula is C20H22F3N5O4S. The number of fused-ring (bicyclic) bond motifs is 1. The molecule has 13 heteroatoms. The minimum Gasteiger partial charge on any atom is -0.345 e. The largest absolute Gasteiger partial charge is 0.492 e. The maximum Gasteiger partial charge on any atom is 0.492 e. The third-order valence-corrected chi connectivity index (χ3v) is 6.28. The fourth-order valence-corrected chi connectivity index (χ4v) is 4.10. The minimum atomic E-state index is -5.38. The van der Waals surface area contributed by atoms with E-state index in [0.717, 1.165) is 23.3 Å². The van der Waals surface area contributed by atoms with Gasteiger partial charge in [0.15, 0.2) is 0 Å². The number of hydrogen-bond donors (Lipinski definition) is 2. The van der Waals surface area contributed by atoms with Crippen LogP contribution >= 0.6 is 0 Å². The summed E-state index contributed by atoms with van der Waals surface area (Å²) in [5.41, 5.74) is 7.78. The van der Waals surface area contributed by atoms with Gasteiger partial charge in [-0.05, 0) is 28.7 Å². The molecule has 0 atom stereocenters. The first-order valence-electron chi connectivity index (χ1n) is 9.71. The molecule has 0 amide bonds. The van der Waals surface area contributed by atoms with Crippen LogP contribution in [-0.4, -0.2) is 53.1 Å². The van der Waals surface area contributed by atoms with Crippen molar-refractivity contribution >= 4 is 27.0 Å². The van der Waals surface area contributed by atoms with Crippen LogP contribution in [0.3, 0.4) is 0 Å². The van der Waals surface area contributed by atoms with E-state index in [0.29, 0.717) is 16.9 Å². The number of hydrogen-bond acceptors (Lipinski definition) is 7. The van der Waals surface area contributed by atoms with Crippen LogP contribution in [-0.2, 0) is 25.1 Å². The fourth-order valence-electron chi connectivity index (χ4n) is 2.93. The maximum absolute atomic E-state index is 12.7. The summed E-state index contributed by atoms with van der Waals surface area (Å²) in [6.07, 6.45) is -2.83. The van der Waals surface area contributed by atoms with E-state index in [1.54, 1.807) is 12.3 Å². The molecule has 3 aromatic rings. The summed E-state index contributed by atoms with van der Waals surface area (Å²) in [6, 6.07) is 6.21. The molecular weight excluding hydrogens is 463 g/mol. The zero-order chi connectivity index (χ0) is 24.6. The molecule has 0 spiro atoms. The molecule has 33 heavy (non-hydrogen) atoms. The van der Waals surface area contributed by atoms with Crippen LogP contribution in [0.1, 0.15) is 26.5 Å². The van der Waals surface area contributed by atoms with Crippen molar-refractivity contribution in [2.75, 3.05) is 13.1 Å². The molecule has 9 nitrogen and oxygen atoms in total. The minimum absolute atomic E-state index is 0.0914. The number of H-pyrrole nitrogens is 1. The Labute approximate surface area is 187 Å². The molecule has 0 aliphatic heterocycles. The fraction of sp³-hybridized carbons (Fsp3) is 0.350. The van der Waals surface area contributed by atoms with Gasteiger partial charge in [0.1, 0.15) is 10.5 Å². The van der Waals surface area contributed by atoms with Crippen LogP contribution in [0.25, 0.3) is 22.3 Å². The number of halogens is 3. The van der Waals surface area contributed by atoms with E-state index >= 15 is 0 Å². The molecule has 0 saturated heterocycles. The van der Waals surface area contributed by atoms with Gasteiger partial charge < -0.3 is 15.6 Å². The number of hydroxylamine groups is 1. The zero-order valence-electron chi connectivity index (χ0n) is 18.0. The van der Waals surface area contributed by atoms with Crippen molar-refractivity contribution in [3.63, 3.8) is 0 Å². The number of sulfonamides is 1. The molecule has 3 heterocycles. The van der Waals surface area contributed by atoms with E-state index in [1.807, 2.05) is 26.8 Å². The van der Waals surface area contributed by atoms with Gasteiger partial charge in [-0.1, -0.05) is 20.8 Å². The smallest absolute Gasteiger partial charge is 0.345 e. The molecule has 0 fully saturated rings. The predicted octanol–water partition coefficient (Wildman–Crippen LogP) is 2.89. The number of rotatable bonds is 6. The number of aromatic nitrogens is 3. The van der Waals surface area contributed by atoms with Gasteiger partial charge in [0.05, 0.1) is 12.2 Å². The molecule has 0 bridgehead atoms. The van der Waals surface area contributed by atoms with E-state index < -0.39 is 33.6 Å². The Kier molecular flexibility index (Phi) is 6.51. The number of carbonyl (C=O) groups excluding carboxylic acids is 1. The Morgan fingerprint density at radius 1 is 1.18 bits per heavy atom. The van der Waals surface area contributed by atoms with Crippen molar-refractivity contribution in [2.45, 2.75) is 37.3 Å². The van der Waals surface area contributed by atoms with Gasteiger partial charge in [0, 0.05) is 41.0 Å². The average molecular weight is 485 g/mol. The Bertz CT molecular complexity index is 1270. The Balaban J connectivity index is 1.96. The van der Waals surface area contributed by atoms with Gasteiger partial charge >= 0.3 is 12.1 Å². The maximum atomic E-state index is 12.7. The standard InChI is InChI=1S/C20H22F3N5O4S/c1-19(2,3)16-10-14-13(6-8-25-17(14)27-16)15-5-4-12(11-26-15)33(30,31)28(9-7-24)32-18(29)20(21,22)23/h4-6,8,10-11H,7,9,24H2,1-3H3,(H,25,27). The highest BCUT2D eigenvalue weighted by Crippen LogP contribution is 2.31. The number of nitrogens with zero attached hydrogens (tertiary/aromatic N) is 3. The highest BCUT2D eigenvalue weighted by atomic mass is 32.2. The average Bonchev–Trinajstić information content (AvgIpc) is 3.18. The molecule has 0 aromatic carbocycles. The van der Waals surface area contributed by atoms with Gasteiger partial charge in [0.25, 0.3) is 10.0 Å². The summed E-state index contributed by atoms with van der Waals surface area (Å²) < 4.78 is 63.0. The van der Waals surface area contributed by atoms with Crippen molar-refractivity contribution < 1.29 is 31.2 Å². The van der Waals surface area contributed by atoms with Crippen LogP contribution < -0.4 is 5.73 Å². The van der Waals surface area contributed by atoms with Crippen LogP contribution in [0.2, 0.25) is 0 Å². The lowest BCUT2D eigenvalue weighted by Gasteiger charge is -2.20. The summed E-state index contributed by atoms with van der Waals surface area (Å²) in [5.74, 6) is -2.68. The van der Waals surface area contributed by atoms with Crippen molar-refractivity contribution in [3.05, 3.63) is 42.4 Å². The molecule has 0 radical (unpaired) electrons. The number of aromatic amines is 1. The van der Waals surface area contributed by atoms with Crippen molar-refractivity contribution in [1.82, 2.24) is 19.4 Å². The topological polar surface area (TPSA) is 131 Å². The van der Waals surface area contributed by atoms with Crippen LogP contribution in [0, 0.1) is 0 Å². The molecule has 3 aromatic heterocycles. The third-order valence-electron chi connectivity index (χ3n) is 4.65. The second-order valence-corrected chi connectivity index (χ2v) is 9.96. The molecule has 3 N–H and O–H groups in total. The van der Waals surface area contributed by atoms with E-state index in [4.69, 9.17) is 5.73 Å². The summed E-state index contributed by atoms with van der Waals surface area (Å²) in [5, 5.41) is 0.773. The second kappa shape index (κ2) is 8.72. The first-order valence-corrected chi connectivity index (χ1v) is 11.2. The van der Waals surface area contributed by atoms with Crippen LogP contribution in [0.4, 0.5) is 13.2 Å². The highest BCUT2D eigenvalue weighted by molar-refractivity contribution is 7.89. The van der Waals surface area contributed by atoms with Crippen molar-refractivity contribution in [3.8, 4) is 11.3 Å². The van der Waals surface area contributed by atoms with Gasteiger partial charge in [-0.3, -0.25) is 4.98 Å². The lowest BCUT2D eigenvalue weighted by Crippen LogP contribution is -2.41.